The molecule has 0 saturated heterocycles. The molecule has 25 heavy (non-hydrogen) atoms. The monoisotopic (exact) mass is 358 g/mol. The molecule has 1 heterocycles. The zero-order valence-corrected chi connectivity index (χ0v) is 15.8. The summed E-state index contributed by atoms with van der Waals surface area (Å²) in [6, 6.07) is 10.2. The van der Waals surface area contributed by atoms with Gasteiger partial charge in [0.15, 0.2) is 0 Å². The Bertz CT molecular complexity index is 693. The van der Waals surface area contributed by atoms with E-state index in [-0.39, 0.29) is 11.8 Å². The van der Waals surface area contributed by atoms with Gasteiger partial charge in [0.05, 0.1) is 24.8 Å². The van der Waals surface area contributed by atoms with Crippen LogP contribution in [0.1, 0.15) is 52.7 Å². The highest BCUT2D eigenvalue weighted by Crippen LogP contribution is 2.37. The lowest BCUT2D eigenvalue weighted by molar-refractivity contribution is -0.123. The lowest BCUT2D eigenvalue weighted by Gasteiger charge is -2.23. The fraction of sp³-hybridized carbons (Fsp3) is 0.500. The van der Waals surface area contributed by atoms with E-state index in [0.29, 0.717) is 19.1 Å². The second-order valence-corrected chi connectivity index (χ2v) is 7.87. The van der Waals surface area contributed by atoms with Crippen LogP contribution in [0, 0.1) is 12.8 Å². The Morgan fingerprint density at radius 3 is 2.72 bits per heavy atom. The fourth-order valence-corrected chi connectivity index (χ4v) is 4.69. The summed E-state index contributed by atoms with van der Waals surface area (Å²) in [4.78, 5) is 18.6. The standard InChI is InChI=1S/C20H26N2O2S/c1-14-17(25-18(22-14)13-24-2)12-21-20(23)19(16-10-6-7-11-16)15-8-4-3-5-9-15/h3-5,8-9,16,19H,6-7,10-13H2,1-2H3,(H,21,23)/t19-/m1/s1. The van der Waals surface area contributed by atoms with Gasteiger partial charge in [-0.25, -0.2) is 4.98 Å². The molecule has 1 amide bonds. The predicted molar refractivity (Wildman–Crippen MR) is 101 cm³/mol. The summed E-state index contributed by atoms with van der Waals surface area (Å²) in [6.45, 7) is 3.05. The molecule has 0 aliphatic heterocycles. The maximum absolute atomic E-state index is 13.0. The van der Waals surface area contributed by atoms with Gasteiger partial charge < -0.3 is 10.1 Å². The van der Waals surface area contributed by atoms with E-state index in [4.69, 9.17) is 4.74 Å². The van der Waals surface area contributed by atoms with Crippen molar-refractivity contribution in [1.29, 1.82) is 0 Å². The van der Waals surface area contributed by atoms with E-state index in [0.717, 1.165) is 34.0 Å². The second kappa shape index (κ2) is 8.59. The number of thiazole rings is 1. The number of amides is 1. The van der Waals surface area contributed by atoms with E-state index < -0.39 is 0 Å². The quantitative estimate of drug-likeness (QED) is 0.807. The number of carbonyl (C=O) groups excluding carboxylic acids is 1. The van der Waals surface area contributed by atoms with Crippen molar-refractivity contribution in [2.45, 2.75) is 51.7 Å². The Hall–Kier alpha value is -1.72. The number of hydrogen-bond donors (Lipinski definition) is 1. The SMILES string of the molecule is COCc1nc(C)c(CNC(=O)[C@H](c2ccccc2)C2CCCC2)s1. The highest BCUT2D eigenvalue weighted by molar-refractivity contribution is 7.11. The van der Waals surface area contributed by atoms with Gasteiger partial charge in [0.2, 0.25) is 5.91 Å². The molecule has 1 aromatic heterocycles. The summed E-state index contributed by atoms with van der Waals surface area (Å²) in [5.74, 6) is 0.545. The average Bonchev–Trinajstić information content (AvgIpc) is 3.25. The molecular weight excluding hydrogens is 332 g/mol. The Morgan fingerprint density at radius 1 is 1.32 bits per heavy atom. The van der Waals surface area contributed by atoms with Gasteiger partial charge in [0, 0.05) is 12.0 Å². The molecule has 1 atom stereocenters. The zero-order chi connectivity index (χ0) is 17.6. The number of ether oxygens (including phenoxy) is 1. The van der Waals surface area contributed by atoms with Crippen LogP contribution in [-0.2, 0) is 22.7 Å². The van der Waals surface area contributed by atoms with Gasteiger partial charge >= 0.3 is 0 Å². The molecule has 1 saturated carbocycles. The van der Waals surface area contributed by atoms with Gasteiger partial charge in [-0.05, 0) is 31.2 Å². The van der Waals surface area contributed by atoms with Crippen molar-refractivity contribution in [3.8, 4) is 0 Å². The van der Waals surface area contributed by atoms with Gasteiger partial charge in [0.25, 0.3) is 0 Å². The first-order valence-corrected chi connectivity index (χ1v) is 9.77. The number of nitrogens with zero attached hydrogens (tertiary/aromatic N) is 1. The smallest absolute Gasteiger partial charge is 0.228 e. The second-order valence-electron chi connectivity index (χ2n) is 6.70. The molecule has 2 aromatic rings. The minimum Gasteiger partial charge on any atom is -0.378 e. The molecule has 1 N–H and O–H groups in total. The Kier molecular flexibility index (Phi) is 6.21. The minimum atomic E-state index is -0.0460. The lowest BCUT2D eigenvalue weighted by Crippen LogP contribution is -2.32. The third-order valence-corrected chi connectivity index (χ3v) is 6.07. The molecule has 1 aromatic carbocycles. The van der Waals surface area contributed by atoms with Crippen LogP contribution in [0.3, 0.4) is 0 Å². The van der Waals surface area contributed by atoms with Crippen LogP contribution in [0.5, 0.6) is 0 Å². The highest BCUT2D eigenvalue weighted by atomic mass is 32.1. The van der Waals surface area contributed by atoms with Crippen molar-refractivity contribution in [3.63, 3.8) is 0 Å². The van der Waals surface area contributed by atoms with Crippen LogP contribution in [0.2, 0.25) is 0 Å². The number of methoxy groups -OCH3 is 1. The van der Waals surface area contributed by atoms with Crippen LogP contribution in [0.25, 0.3) is 0 Å². The maximum atomic E-state index is 13.0. The Balaban J connectivity index is 1.70. The molecule has 4 nitrogen and oxygen atoms in total. The predicted octanol–water partition coefficient (Wildman–Crippen LogP) is 4.19. The first-order chi connectivity index (χ1) is 12.2. The van der Waals surface area contributed by atoms with Gasteiger partial charge in [-0.15, -0.1) is 11.3 Å². The fourth-order valence-electron chi connectivity index (χ4n) is 3.70. The van der Waals surface area contributed by atoms with Crippen LogP contribution in [0.4, 0.5) is 0 Å². The van der Waals surface area contributed by atoms with Crippen LogP contribution in [-0.4, -0.2) is 18.0 Å². The molecule has 134 valence electrons. The van der Waals surface area contributed by atoms with Crippen molar-refractivity contribution in [3.05, 3.63) is 51.5 Å². The Morgan fingerprint density at radius 2 is 2.04 bits per heavy atom. The molecule has 0 unspecified atom stereocenters. The summed E-state index contributed by atoms with van der Waals surface area (Å²) in [5, 5.41) is 4.12. The summed E-state index contributed by atoms with van der Waals surface area (Å²) in [5.41, 5.74) is 2.11. The molecule has 0 radical (unpaired) electrons. The number of nitrogens with one attached hydrogen (secondary N) is 1. The molecule has 0 spiro atoms. The summed E-state index contributed by atoms with van der Waals surface area (Å²) in [6.07, 6.45) is 4.75. The van der Waals surface area contributed by atoms with E-state index >= 15 is 0 Å². The van der Waals surface area contributed by atoms with E-state index in [9.17, 15) is 4.79 Å². The molecule has 5 heteroatoms. The number of rotatable bonds is 7. The number of aromatic nitrogens is 1. The number of hydrogen-bond acceptors (Lipinski definition) is 4. The van der Waals surface area contributed by atoms with Gasteiger partial charge in [0.1, 0.15) is 5.01 Å². The third-order valence-electron chi connectivity index (χ3n) is 4.94. The van der Waals surface area contributed by atoms with E-state index in [1.165, 1.54) is 12.8 Å². The highest BCUT2D eigenvalue weighted by Gasteiger charge is 2.31. The van der Waals surface area contributed by atoms with Crippen molar-refractivity contribution in [1.82, 2.24) is 10.3 Å². The van der Waals surface area contributed by atoms with Gasteiger partial charge in [-0.1, -0.05) is 43.2 Å². The average molecular weight is 359 g/mol. The van der Waals surface area contributed by atoms with Crippen molar-refractivity contribution in [2.24, 2.45) is 5.92 Å². The summed E-state index contributed by atoms with van der Waals surface area (Å²) < 4.78 is 5.15. The van der Waals surface area contributed by atoms with E-state index in [2.05, 4.69) is 22.4 Å². The first kappa shape index (κ1) is 18.1. The molecular formula is C20H26N2O2S. The normalized spacial score (nSPS) is 16.1. The van der Waals surface area contributed by atoms with Gasteiger partial charge in [-0.3, -0.25) is 4.79 Å². The Labute approximate surface area is 153 Å². The number of benzene rings is 1. The van der Waals surface area contributed by atoms with Crippen molar-refractivity contribution in [2.75, 3.05) is 7.11 Å². The zero-order valence-electron chi connectivity index (χ0n) is 15.0. The minimum absolute atomic E-state index is 0.0460. The summed E-state index contributed by atoms with van der Waals surface area (Å²) >= 11 is 1.62. The number of carbonyl (C=O) groups is 1. The molecule has 3 rings (SSSR count). The molecule has 1 aliphatic rings. The van der Waals surface area contributed by atoms with Gasteiger partial charge in [-0.2, -0.15) is 0 Å². The maximum Gasteiger partial charge on any atom is 0.228 e. The topological polar surface area (TPSA) is 51.2 Å². The van der Waals surface area contributed by atoms with E-state index in [1.54, 1.807) is 18.4 Å². The summed E-state index contributed by atoms with van der Waals surface area (Å²) in [7, 11) is 1.67. The number of aryl methyl sites for hydroxylation is 1. The van der Waals surface area contributed by atoms with Crippen LogP contribution < -0.4 is 5.32 Å². The molecule has 0 bridgehead atoms. The molecule has 1 aliphatic carbocycles. The largest absolute Gasteiger partial charge is 0.378 e. The van der Waals surface area contributed by atoms with Crippen molar-refractivity contribution < 1.29 is 9.53 Å². The molecule has 1 fully saturated rings. The van der Waals surface area contributed by atoms with E-state index in [1.807, 2.05) is 25.1 Å². The van der Waals surface area contributed by atoms with Crippen LogP contribution >= 0.6 is 11.3 Å². The van der Waals surface area contributed by atoms with Crippen molar-refractivity contribution >= 4 is 17.2 Å². The van der Waals surface area contributed by atoms with Crippen LogP contribution in [0.15, 0.2) is 30.3 Å². The first-order valence-electron chi connectivity index (χ1n) is 8.96. The third kappa shape index (κ3) is 4.47. The lowest BCUT2D eigenvalue weighted by atomic mass is 9.84.